The van der Waals surface area contributed by atoms with E-state index in [-0.39, 0.29) is 23.4 Å². The van der Waals surface area contributed by atoms with Crippen LogP contribution in [0.4, 0.5) is 9.18 Å². The molecule has 3 amide bonds. The minimum atomic E-state index is -0.700. The maximum absolute atomic E-state index is 13.6. The van der Waals surface area contributed by atoms with Crippen LogP contribution in [-0.4, -0.2) is 29.9 Å². The lowest BCUT2D eigenvalue weighted by atomic mass is 10.0. The van der Waals surface area contributed by atoms with E-state index < -0.39 is 17.9 Å². The summed E-state index contributed by atoms with van der Waals surface area (Å²) in [4.78, 5) is 27.6. The summed E-state index contributed by atoms with van der Waals surface area (Å²) in [5.74, 6) is 0.290. The van der Waals surface area contributed by atoms with Gasteiger partial charge in [0.15, 0.2) is 0 Å². The van der Waals surface area contributed by atoms with Crippen molar-refractivity contribution in [3.05, 3.63) is 92.7 Å². The van der Waals surface area contributed by atoms with Gasteiger partial charge in [-0.3, -0.25) is 4.79 Å². The lowest BCUT2D eigenvalue weighted by Gasteiger charge is -2.26. The maximum Gasteiger partial charge on any atom is 0.315 e. The van der Waals surface area contributed by atoms with Crippen molar-refractivity contribution in [1.29, 1.82) is 0 Å². The van der Waals surface area contributed by atoms with Crippen LogP contribution in [0.5, 0.6) is 11.5 Å². The molecule has 0 radical (unpaired) electrons. The Hall–Kier alpha value is -3.10. The van der Waals surface area contributed by atoms with Crippen LogP contribution in [0.3, 0.4) is 0 Å². The van der Waals surface area contributed by atoms with Crippen molar-refractivity contribution < 1.29 is 18.7 Å². The highest BCUT2D eigenvalue weighted by Crippen LogP contribution is 2.31. The number of halogens is 3. The number of hydrogen-bond donors (Lipinski definition) is 2. The van der Waals surface area contributed by atoms with E-state index in [2.05, 4.69) is 26.6 Å². The summed E-state index contributed by atoms with van der Waals surface area (Å²) in [6.07, 6.45) is 0.485. The van der Waals surface area contributed by atoms with Crippen LogP contribution in [0, 0.1) is 18.7 Å². The molecule has 0 bridgehead atoms. The third-order valence-electron chi connectivity index (χ3n) is 5.82. The molecule has 0 aliphatic rings. The van der Waals surface area contributed by atoms with Crippen LogP contribution >= 0.6 is 27.5 Å². The molecule has 0 aliphatic carbocycles. The van der Waals surface area contributed by atoms with Crippen molar-refractivity contribution in [2.45, 2.75) is 46.3 Å². The number of likely N-dealkylation sites (N-methyl/N-ethyl adjacent to an activating group) is 1. The summed E-state index contributed by atoms with van der Waals surface area (Å²) in [6.45, 7) is 6.60. The zero-order valence-corrected chi connectivity index (χ0v) is 24.2. The minimum absolute atomic E-state index is 0.0467. The molecule has 0 aromatic heterocycles. The molecule has 2 N–H and O–H groups in total. The van der Waals surface area contributed by atoms with Crippen LogP contribution in [0.2, 0.25) is 5.02 Å². The van der Waals surface area contributed by atoms with Crippen molar-refractivity contribution >= 4 is 39.5 Å². The molecule has 0 fully saturated rings. The van der Waals surface area contributed by atoms with E-state index in [1.165, 1.54) is 18.2 Å². The lowest BCUT2D eigenvalue weighted by molar-refractivity contribution is -0.132. The average molecular weight is 605 g/mol. The first kappa shape index (κ1) is 29.5. The maximum atomic E-state index is 13.6. The predicted octanol–water partition coefficient (Wildman–Crippen LogP) is 7.21. The van der Waals surface area contributed by atoms with Crippen molar-refractivity contribution in [3.8, 4) is 11.5 Å². The normalized spacial score (nSPS) is 11.7. The SMILES string of the molecule is Cc1ccc(CNC(=O)NC(CC(C)C)C(=O)N(C)Cc2ccc(Br)cc2Oc2ccc(F)c(Cl)c2)cc1. The molecule has 0 heterocycles. The van der Waals surface area contributed by atoms with Gasteiger partial charge in [0.2, 0.25) is 5.91 Å². The molecule has 1 unspecified atom stereocenters. The van der Waals surface area contributed by atoms with Crippen LogP contribution in [0.25, 0.3) is 0 Å². The number of benzene rings is 3. The quantitative estimate of drug-likeness (QED) is 0.257. The summed E-state index contributed by atoms with van der Waals surface area (Å²) in [7, 11) is 1.68. The predicted molar refractivity (Wildman–Crippen MR) is 152 cm³/mol. The average Bonchev–Trinajstić information content (AvgIpc) is 2.86. The van der Waals surface area contributed by atoms with Gasteiger partial charge in [0.05, 0.1) is 5.02 Å². The number of rotatable bonds is 10. The largest absolute Gasteiger partial charge is 0.457 e. The monoisotopic (exact) mass is 603 g/mol. The number of urea groups is 1. The number of nitrogens with zero attached hydrogens (tertiary/aromatic N) is 1. The van der Waals surface area contributed by atoms with Gasteiger partial charge in [-0.05, 0) is 49.1 Å². The Morgan fingerprint density at radius 2 is 1.79 bits per heavy atom. The first-order chi connectivity index (χ1) is 18.0. The van der Waals surface area contributed by atoms with E-state index in [1.54, 1.807) is 18.0 Å². The molecular formula is C29H32BrClFN3O3. The van der Waals surface area contributed by atoms with E-state index in [0.717, 1.165) is 21.2 Å². The fourth-order valence-corrected chi connectivity index (χ4v) is 4.32. The van der Waals surface area contributed by atoms with Crippen LogP contribution in [0.1, 0.15) is 37.0 Å². The molecular weight excluding hydrogens is 573 g/mol. The Morgan fingerprint density at radius 1 is 1.08 bits per heavy atom. The topological polar surface area (TPSA) is 70.7 Å². The molecule has 3 rings (SSSR count). The Morgan fingerprint density at radius 3 is 2.45 bits per heavy atom. The number of amides is 3. The summed E-state index contributed by atoms with van der Waals surface area (Å²) in [5.41, 5.74) is 2.85. The van der Waals surface area contributed by atoms with E-state index in [4.69, 9.17) is 16.3 Å². The third kappa shape index (κ3) is 8.74. The summed E-state index contributed by atoms with van der Waals surface area (Å²) >= 11 is 9.34. The first-order valence-corrected chi connectivity index (χ1v) is 13.4. The second kappa shape index (κ2) is 13.6. The van der Waals surface area contributed by atoms with E-state index in [1.807, 2.05) is 57.2 Å². The molecule has 38 heavy (non-hydrogen) atoms. The Bertz CT molecular complexity index is 1270. The number of carbonyl (C=O) groups excluding carboxylic acids is 2. The molecule has 0 aliphatic heterocycles. The Labute approximate surface area is 236 Å². The zero-order chi connectivity index (χ0) is 27.8. The summed E-state index contributed by atoms with van der Waals surface area (Å²) in [5, 5.41) is 5.63. The summed E-state index contributed by atoms with van der Waals surface area (Å²) in [6, 6.07) is 16.4. The number of aryl methyl sites for hydroxylation is 1. The standard InChI is InChI=1S/C29H32BrClFN3O3/c1-18(2)13-26(34-29(37)33-16-20-7-5-19(3)6-8-20)28(36)35(4)17-21-9-10-22(30)14-27(21)38-23-11-12-25(32)24(31)15-23/h5-12,14-15,18,26H,13,16-17H2,1-4H3,(H2,33,34,37). The van der Waals surface area contributed by atoms with Crippen molar-refractivity contribution in [2.24, 2.45) is 5.92 Å². The van der Waals surface area contributed by atoms with Crippen LogP contribution in [0.15, 0.2) is 65.1 Å². The molecule has 3 aromatic rings. The van der Waals surface area contributed by atoms with Crippen molar-refractivity contribution in [3.63, 3.8) is 0 Å². The van der Waals surface area contributed by atoms with Crippen LogP contribution in [-0.2, 0) is 17.9 Å². The number of carbonyl (C=O) groups is 2. The Kier molecular flexibility index (Phi) is 10.6. The third-order valence-corrected chi connectivity index (χ3v) is 6.60. The van der Waals surface area contributed by atoms with Crippen molar-refractivity contribution in [1.82, 2.24) is 15.5 Å². The summed E-state index contributed by atoms with van der Waals surface area (Å²) < 4.78 is 20.3. The molecule has 0 saturated carbocycles. The van der Waals surface area contributed by atoms with E-state index in [0.29, 0.717) is 24.5 Å². The molecule has 0 saturated heterocycles. The highest BCUT2D eigenvalue weighted by molar-refractivity contribution is 9.10. The van der Waals surface area contributed by atoms with Gasteiger partial charge in [-0.25, -0.2) is 9.18 Å². The van der Waals surface area contributed by atoms with Gasteiger partial charge in [0.25, 0.3) is 0 Å². The molecule has 6 nitrogen and oxygen atoms in total. The highest BCUT2D eigenvalue weighted by Gasteiger charge is 2.26. The molecule has 0 spiro atoms. The van der Waals surface area contributed by atoms with Gasteiger partial charge in [0, 0.05) is 36.2 Å². The van der Waals surface area contributed by atoms with Gasteiger partial charge in [-0.1, -0.05) is 77.3 Å². The molecule has 202 valence electrons. The second-order valence-corrected chi connectivity index (χ2v) is 10.9. The Balaban J connectivity index is 1.69. The van der Waals surface area contributed by atoms with Crippen LogP contribution < -0.4 is 15.4 Å². The number of nitrogens with one attached hydrogen (secondary N) is 2. The van der Waals surface area contributed by atoms with E-state index >= 15 is 0 Å². The number of hydrogen-bond acceptors (Lipinski definition) is 3. The molecule has 9 heteroatoms. The lowest BCUT2D eigenvalue weighted by Crippen LogP contribution is -2.50. The van der Waals surface area contributed by atoms with Gasteiger partial charge in [-0.2, -0.15) is 0 Å². The van der Waals surface area contributed by atoms with Gasteiger partial charge < -0.3 is 20.3 Å². The number of ether oxygens (including phenoxy) is 1. The van der Waals surface area contributed by atoms with Gasteiger partial charge >= 0.3 is 6.03 Å². The van der Waals surface area contributed by atoms with E-state index in [9.17, 15) is 14.0 Å². The first-order valence-electron chi connectivity index (χ1n) is 12.3. The minimum Gasteiger partial charge on any atom is -0.457 e. The fraction of sp³-hybridized carbons (Fsp3) is 0.310. The zero-order valence-electron chi connectivity index (χ0n) is 21.9. The smallest absolute Gasteiger partial charge is 0.315 e. The fourth-order valence-electron chi connectivity index (χ4n) is 3.81. The van der Waals surface area contributed by atoms with Crippen molar-refractivity contribution in [2.75, 3.05) is 7.05 Å². The second-order valence-electron chi connectivity index (χ2n) is 9.62. The highest BCUT2D eigenvalue weighted by atomic mass is 79.9. The molecule has 1 atom stereocenters. The van der Waals surface area contributed by atoms with Gasteiger partial charge in [0.1, 0.15) is 23.4 Å². The molecule has 3 aromatic carbocycles. The van der Waals surface area contributed by atoms with Gasteiger partial charge in [-0.15, -0.1) is 0 Å².